The van der Waals surface area contributed by atoms with Gasteiger partial charge < -0.3 is 5.32 Å². The summed E-state index contributed by atoms with van der Waals surface area (Å²) in [5.41, 5.74) is 0.531. The van der Waals surface area contributed by atoms with Crippen molar-refractivity contribution in [1.82, 2.24) is 14.7 Å². The maximum Gasteiger partial charge on any atom is 0.416 e. The van der Waals surface area contributed by atoms with E-state index in [2.05, 4.69) is 10.3 Å². The van der Waals surface area contributed by atoms with Crippen molar-refractivity contribution in [2.24, 2.45) is 0 Å². The second-order valence-electron chi connectivity index (χ2n) is 6.43. The summed E-state index contributed by atoms with van der Waals surface area (Å²) in [6.07, 6.45) is 1.42. The molecule has 1 aromatic carbocycles. The molecule has 2 aromatic heterocycles. The van der Waals surface area contributed by atoms with Gasteiger partial charge in [0.1, 0.15) is 5.69 Å². The molecule has 1 N–H and O–H groups in total. The monoisotopic (exact) mass is 379 g/mol. The van der Waals surface area contributed by atoms with Crippen molar-refractivity contribution in [2.45, 2.75) is 37.9 Å². The molecule has 4 nitrogen and oxygen atoms in total. The smallest absolute Gasteiger partial charge is 0.348 e. The van der Waals surface area contributed by atoms with E-state index in [1.807, 2.05) is 0 Å². The molecule has 1 aliphatic carbocycles. The zero-order valence-electron chi connectivity index (χ0n) is 13.7. The first-order valence-corrected chi connectivity index (χ1v) is 9.25. The Bertz CT molecular complexity index is 954. The zero-order chi connectivity index (χ0) is 18.3. The van der Waals surface area contributed by atoms with Crippen LogP contribution in [-0.2, 0) is 6.18 Å². The summed E-state index contributed by atoms with van der Waals surface area (Å²) in [4.78, 5) is 17.5. The molecule has 0 aliphatic heterocycles. The van der Waals surface area contributed by atoms with Crippen LogP contribution in [0.3, 0.4) is 0 Å². The lowest BCUT2D eigenvalue weighted by molar-refractivity contribution is -0.137. The number of carbonyl (C=O) groups is 1. The molecular weight excluding hydrogens is 363 g/mol. The van der Waals surface area contributed by atoms with Crippen molar-refractivity contribution in [1.29, 1.82) is 0 Å². The summed E-state index contributed by atoms with van der Waals surface area (Å²) in [5.74, 6) is -0.170. The van der Waals surface area contributed by atoms with Gasteiger partial charge in [0, 0.05) is 23.2 Å². The normalized spacial score (nSPS) is 15.7. The molecule has 4 rings (SSSR count). The van der Waals surface area contributed by atoms with Crippen LogP contribution in [0.2, 0.25) is 0 Å². The Labute approximate surface area is 151 Å². The minimum Gasteiger partial charge on any atom is -0.348 e. The lowest BCUT2D eigenvalue weighted by atomic mass is 10.1. The van der Waals surface area contributed by atoms with Gasteiger partial charge in [0.05, 0.1) is 11.3 Å². The van der Waals surface area contributed by atoms with E-state index in [-0.39, 0.29) is 11.9 Å². The molecule has 0 unspecified atom stereocenters. The minimum absolute atomic E-state index is 0.170. The number of imidazole rings is 1. The van der Waals surface area contributed by atoms with Crippen LogP contribution in [-0.4, -0.2) is 21.3 Å². The van der Waals surface area contributed by atoms with Crippen molar-refractivity contribution >= 4 is 22.2 Å². The predicted octanol–water partition coefficient (Wildman–Crippen LogP) is 4.75. The molecule has 0 radical (unpaired) electrons. The van der Waals surface area contributed by atoms with Crippen molar-refractivity contribution in [3.63, 3.8) is 0 Å². The first-order valence-electron chi connectivity index (χ1n) is 8.37. The molecule has 2 heterocycles. The van der Waals surface area contributed by atoms with Gasteiger partial charge in [0.15, 0.2) is 4.96 Å². The molecule has 1 aliphatic rings. The first-order chi connectivity index (χ1) is 12.4. The first kappa shape index (κ1) is 17.1. The molecule has 26 heavy (non-hydrogen) atoms. The standard InChI is InChI=1S/C18H16F3N3OS/c19-18(20,21)12-5-3-4-11(8-12)14-9-24-15(10-26-17(24)23-14)16(25)22-13-6-1-2-7-13/h3-5,8-10,13H,1-2,6-7H2,(H,22,25). The van der Waals surface area contributed by atoms with E-state index in [0.29, 0.717) is 21.9 Å². The van der Waals surface area contributed by atoms with Crippen LogP contribution in [0.25, 0.3) is 16.2 Å². The fraction of sp³-hybridized carbons (Fsp3) is 0.333. The number of nitrogens with one attached hydrogen (secondary N) is 1. The Kier molecular flexibility index (Phi) is 4.22. The highest BCUT2D eigenvalue weighted by atomic mass is 32.1. The quantitative estimate of drug-likeness (QED) is 0.714. The summed E-state index contributed by atoms with van der Waals surface area (Å²) in [7, 11) is 0. The van der Waals surface area contributed by atoms with Gasteiger partial charge in [-0.2, -0.15) is 13.2 Å². The number of halogens is 3. The Morgan fingerprint density at radius 1 is 1.27 bits per heavy atom. The third kappa shape index (κ3) is 3.21. The summed E-state index contributed by atoms with van der Waals surface area (Å²) in [5, 5.41) is 4.75. The summed E-state index contributed by atoms with van der Waals surface area (Å²) in [6.45, 7) is 0. The Balaban J connectivity index is 1.64. The highest BCUT2D eigenvalue weighted by Gasteiger charge is 2.30. The Morgan fingerprint density at radius 3 is 2.77 bits per heavy atom. The maximum absolute atomic E-state index is 12.9. The zero-order valence-corrected chi connectivity index (χ0v) is 14.5. The molecule has 1 saturated carbocycles. The van der Waals surface area contributed by atoms with Crippen LogP contribution in [0, 0.1) is 0 Å². The van der Waals surface area contributed by atoms with Crippen molar-refractivity contribution in [2.75, 3.05) is 0 Å². The second kappa shape index (κ2) is 6.42. The molecule has 0 bridgehead atoms. The number of amides is 1. The van der Waals surface area contributed by atoms with E-state index >= 15 is 0 Å². The van der Waals surface area contributed by atoms with E-state index < -0.39 is 11.7 Å². The maximum atomic E-state index is 12.9. The highest BCUT2D eigenvalue weighted by molar-refractivity contribution is 7.15. The van der Waals surface area contributed by atoms with Crippen LogP contribution in [0.4, 0.5) is 13.2 Å². The van der Waals surface area contributed by atoms with Crippen molar-refractivity contribution < 1.29 is 18.0 Å². The van der Waals surface area contributed by atoms with Gasteiger partial charge >= 0.3 is 6.18 Å². The number of alkyl halides is 3. The van der Waals surface area contributed by atoms with Crippen LogP contribution in [0.5, 0.6) is 0 Å². The second-order valence-corrected chi connectivity index (χ2v) is 7.27. The Hall–Kier alpha value is -2.35. The number of rotatable bonds is 3. The number of carbonyl (C=O) groups excluding carboxylic acids is 1. The fourth-order valence-corrected chi connectivity index (χ4v) is 4.12. The number of hydrogen-bond donors (Lipinski definition) is 1. The van der Waals surface area contributed by atoms with Crippen LogP contribution >= 0.6 is 11.3 Å². The molecular formula is C18H16F3N3OS. The lowest BCUT2D eigenvalue weighted by Gasteiger charge is -2.10. The van der Waals surface area contributed by atoms with E-state index in [4.69, 9.17) is 0 Å². The number of hydrogen-bond acceptors (Lipinski definition) is 3. The summed E-state index contributed by atoms with van der Waals surface area (Å²) < 4.78 is 40.4. The average Bonchev–Trinajstić information content (AvgIpc) is 3.30. The van der Waals surface area contributed by atoms with Gasteiger partial charge in [-0.3, -0.25) is 9.20 Å². The van der Waals surface area contributed by atoms with Gasteiger partial charge in [-0.15, -0.1) is 11.3 Å². The third-order valence-electron chi connectivity index (χ3n) is 4.62. The number of fused-ring (bicyclic) bond motifs is 1. The minimum atomic E-state index is -4.40. The van der Waals surface area contributed by atoms with Gasteiger partial charge in [-0.1, -0.05) is 25.0 Å². The topological polar surface area (TPSA) is 46.4 Å². The number of benzene rings is 1. The molecule has 0 saturated heterocycles. The predicted molar refractivity (Wildman–Crippen MR) is 93.2 cm³/mol. The van der Waals surface area contributed by atoms with E-state index in [0.717, 1.165) is 37.8 Å². The molecule has 0 spiro atoms. The van der Waals surface area contributed by atoms with Crippen LogP contribution < -0.4 is 5.32 Å². The van der Waals surface area contributed by atoms with Crippen molar-refractivity contribution in [3.05, 3.63) is 47.1 Å². The van der Waals surface area contributed by atoms with E-state index in [9.17, 15) is 18.0 Å². The Morgan fingerprint density at radius 2 is 2.04 bits per heavy atom. The molecule has 8 heteroatoms. The summed E-state index contributed by atoms with van der Waals surface area (Å²) >= 11 is 1.29. The van der Waals surface area contributed by atoms with Gasteiger partial charge in [0.2, 0.25) is 0 Å². The molecule has 136 valence electrons. The SMILES string of the molecule is O=C(NC1CCCC1)c1csc2nc(-c3cccc(C(F)(F)F)c3)cn12. The highest BCUT2D eigenvalue weighted by Crippen LogP contribution is 2.32. The largest absolute Gasteiger partial charge is 0.416 e. The van der Waals surface area contributed by atoms with Crippen molar-refractivity contribution in [3.8, 4) is 11.3 Å². The summed E-state index contributed by atoms with van der Waals surface area (Å²) in [6, 6.07) is 5.25. The molecule has 1 amide bonds. The van der Waals surface area contributed by atoms with Crippen LogP contribution in [0.1, 0.15) is 41.7 Å². The number of nitrogens with zero attached hydrogens (tertiary/aromatic N) is 2. The fourth-order valence-electron chi connectivity index (χ4n) is 3.27. The lowest BCUT2D eigenvalue weighted by Crippen LogP contribution is -2.33. The molecule has 3 aromatic rings. The molecule has 0 atom stereocenters. The average molecular weight is 379 g/mol. The third-order valence-corrected chi connectivity index (χ3v) is 5.46. The van der Waals surface area contributed by atoms with Gasteiger partial charge in [0.25, 0.3) is 5.91 Å². The van der Waals surface area contributed by atoms with E-state index in [1.165, 1.54) is 17.4 Å². The molecule has 1 fully saturated rings. The number of aromatic nitrogens is 2. The van der Waals surface area contributed by atoms with Crippen LogP contribution in [0.15, 0.2) is 35.8 Å². The van der Waals surface area contributed by atoms with Gasteiger partial charge in [-0.05, 0) is 25.0 Å². The van der Waals surface area contributed by atoms with E-state index in [1.54, 1.807) is 22.0 Å². The number of thiazole rings is 1. The van der Waals surface area contributed by atoms with Gasteiger partial charge in [-0.25, -0.2) is 4.98 Å².